The van der Waals surface area contributed by atoms with E-state index in [4.69, 9.17) is 27.4 Å². The van der Waals surface area contributed by atoms with Crippen LogP contribution in [0.3, 0.4) is 0 Å². The van der Waals surface area contributed by atoms with Gasteiger partial charge in [-0.3, -0.25) is 24.0 Å². The fourth-order valence-corrected chi connectivity index (χ4v) is 2.53. The zero-order valence-corrected chi connectivity index (χ0v) is 17.8. The van der Waals surface area contributed by atoms with Gasteiger partial charge in [-0.25, -0.2) is 4.79 Å². The zero-order valence-electron chi connectivity index (χ0n) is 17.8. The molecule has 182 valence electrons. The molecule has 11 N–H and O–H groups in total. The first kappa shape index (κ1) is 28.7. The van der Waals surface area contributed by atoms with E-state index >= 15 is 0 Å². The first-order valence-electron chi connectivity index (χ1n) is 9.98. The van der Waals surface area contributed by atoms with Gasteiger partial charge in [-0.2, -0.15) is 0 Å². The highest BCUT2D eigenvalue weighted by Gasteiger charge is 2.30. The van der Waals surface area contributed by atoms with E-state index in [2.05, 4.69) is 16.0 Å². The van der Waals surface area contributed by atoms with Gasteiger partial charge in [-0.1, -0.05) is 6.42 Å². The van der Waals surface area contributed by atoms with Crippen molar-refractivity contribution in [2.75, 3.05) is 6.54 Å². The fraction of sp³-hybridized carbons (Fsp3) is 0.667. The highest BCUT2D eigenvalue weighted by molar-refractivity contribution is 5.96. The Bertz CT molecular complexity index is 701. The molecule has 0 saturated carbocycles. The predicted octanol–water partition coefficient (Wildman–Crippen LogP) is -3.26. The number of carbonyl (C=O) groups excluding carboxylic acids is 4. The van der Waals surface area contributed by atoms with Crippen molar-refractivity contribution >= 4 is 35.6 Å². The molecule has 0 aliphatic heterocycles. The molecule has 0 aliphatic rings. The van der Waals surface area contributed by atoms with E-state index < -0.39 is 79.0 Å². The summed E-state index contributed by atoms with van der Waals surface area (Å²) < 4.78 is 0. The molecule has 4 unspecified atom stereocenters. The van der Waals surface area contributed by atoms with E-state index in [1.54, 1.807) is 0 Å². The maximum atomic E-state index is 12.4. The number of carboxylic acid groups (broad SMARTS) is 2. The molecule has 32 heavy (non-hydrogen) atoms. The highest BCUT2D eigenvalue weighted by Crippen LogP contribution is 2.02. The van der Waals surface area contributed by atoms with E-state index in [0.717, 1.165) is 0 Å². The molecular weight excluding hydrogens is 428 g/mol. The predicted molar refractivity (Wildman–Crippen MR) is 111 cm³/mol. The minimum atomic E-state index is -1.56. The fourth-order valence-electron chi connectivity index (χ4n) is 2.53. The van der Waals surface area contributed by atoms with Gasteiger partial charge < -0.3 is 43.4 Å². The van der Waals surface area contributed by atoms with Gasteiger partial charge >= 0.3 is 11.9 Å². The summed E-state index contributed by atoms with van der Waals surface area (Å²) in [6.07, 6.45) is 0.0732. The number of primary amides is 1. The van der Waals surface area contributed by atoms with E-state index in [1.807, 2.05) is 0 Å². The monoisotopic (exact) mass is 460 g/mol. The third kappa shape index (κ3) is 11.8. The molecule has 0 aliphatic carbocycles. The summed E-state index contributed by atoms with van der Waals surface area (Å²) in [4.78, 5) is 70.1. The Labute approximate surface area is 184 Å². The third-order valence-corrected chi connectivity index (χ3v) is 4.36. The van der Waals surface area contributed by atoms with Crippen LogP contribution in [0.15, 0.2) is 0 Å². The molecule has 0 bridgehead atoms. The molecule has 4 amide bonds. The second kappa shape index (κ2) is 14.7. The number of hydrogen-bond acceptors (Lipinski definition) is 8. The Hall–Kier alpha value is -3.26. The summed E-state index contributed by atoms with van der Waals surface area (Å²) in [6.45, 7) is 1.78. The van der Waals surface area contributed by atoms with Crippen LogP contribution in [0.2, 0.25) is 0 Å². The number of hydrogen-bond donors (Lipinski definition) is 8. The quantitative estimate of drug-likeness (QED) is 0.107. The maximum absolute atomic E-state index is 12.4. The molecule has 4 atom stereocenters. The van der Waals surface area contributed by atoms with Gasteiger partial charge in [0.1, 0.15) is 18.1 Å². The lowest BCUT2D eigenvalue weighted by Crippen LogP contribution is -2.57. The molecule has 0 spiro atoms. The molecule has 0 aromatic rings. The van der Waals surface area contributed by atoms with Crippen LogP contribution >= 0.6 is 0 Å². The Kier molecular flexibility index (Phi) is 13.2. The lowest BCUT2D eigenvalue weighted by molar-refractivity contribution is -0.143. The Morgan fingerprint density at radius 1 is 0.844 bits per heavy atom. The molecule has 14 nitrogen and oxygen atoms in total. The minimum absolute atomic E-state index is 0.358. The van der Waals surface area contributed by atoms with Crippen LogP contribution < -0.4 is 33.2 Å². The first-order chi connectivity index (χ1) is 14.9. The number of amides is 4. The molecular formula is C18H32N6O8. The summed E-state index contributed by atoms with van der Waals surface area (Å²) in [5.74, 6) is -6.20. The van der Waals surface area contributed by atoms with Gasteiger partial charge in [-0.15, -0.1) is 0 Å². The number of carbonyl (C=O) groups is 6. The number of nitrogens with two attached hydrogens (primary N) is 3. The highest BCUT2D eigenvalue weighted by atomic mass is 16.4. The van der Waals surface area contributed by atoms with Crippen molar-refractivity contribution in [3.05, 3.63) is 0 Å². The molecule has 0 aromatic heterocycles. The molecule has 0 radical (unpaired) electrons. The van der Waals surface area contributed by atoms with Gasteiger partial charge in [0.2, 0.25) is 23.6 Å². The summed E-state index contributed by atoms with van der Waals surface area (Å²) in [5.41, 5.74) is 16.2. The molecule has 0 saturated heterocycles. The van der Waals surface area contributed by atoms with Crippen molar-refractivity contribution in [3.63, 3.8) is 0 Å². The average Bonchev–Trinajstić information content (AvgIpc) is 2.69. The van der Waals surface area contributed by atoms with Crippen LogP contribution in [0, 0.1) is 0 Å². The van der Waals surface area contributed by atoms with Crippen molar-refractivity contribution < 1.29 is 39.0 Å². The summed E-state index contributed by atoms with van der Waals surface area (Å²) in [5, 5.41) is 24.5. The van der Waals surface area contributed by atoms with Crippen molar-refractivity contribution in [2.45, 2.75) is 69.6 Å². The minimum Gasteiger partial charge on any atom is -0.481 e. The van der Waals surface area contributed by atoms with Crippen LogP contribution in [0.25, 0.3) is 0 Å². The first-order valence-corrected chi connectivity index (χ1v) is 9.98. The number of unbranched alkanes of at least 4 members (excludes halogenated alkanes) is 1. The SMILES string of the molecule is CC(NC(=O)C(N)CCCCN)C(=O)NC(CC(N)=O)C(=O)NC(CCC(=O)O)C(=O)O. The second-order valence-corrected chi connectivity index (χ2v) is 7.18. The van der Waals surface area contributed by atoms with Crippen molar-refractivity contribution in [1.82, 2.24) is 16.0 Å². The third-order valence-electron chi connectivity index (χ3n) is 4.36. The average molecular weight is 460 g/mol. The number of carboxylic acids is 2. The van der Waals surface area contributed by atoms with Crippen LogP contribution in [0.1, 0.15) is 45.4 Å². The zero-order chi connectivity index (χ0) is 24.8. The number of nitrogens with one attached hydrogen (secondary N) is 3. The molecule has 0 aromatic carbocycles. The molecule has 0 rings (SSSR count). The number of aliphatic carboxylic acids is 2. The standard InChI is InChI=1S/C18H32N6O8/c1-9(22-16(29)10(20)4-2-3-7-19)15(28)24-12(8-13(21)25)17(30)23-11(18(31)32)5-6-14(26)27/h9-12H,2-8,19-20H2,1H3,(H2,21,25)(H,22,29)(H,23,30)(H,24,28)(H,26,27)(H,31,32). The van der Waals surface area contributed by atoms with Crippen molar-refractivity contribution in [2.24, 2.45) is 17.2 Å². The van der Waals surface area contributed by atoms with Crippen LogP contribution in [-0.4, -0.2) is 76.5 Å². The summed E-state index contributed by atoms with van der Waals surface area (Å²) in [7, 11) is 0. The summed E-state index contributed by atoms with van der Waals surface area (Å²) >= 11 is 0. The van der Waals surface area contributed by atoms with Gasteiger partial charge in [0.05, 0.1) is 12.5 Å². The molecule has 0 heterocycles. The van der Waals surface area contributed by atoms with E-state index in [1.165, 1.54) is 6.92 Å². The van der Waals surface area contributed by atoms with Gasteiger partial charge in [0.15, 0.2) is 0 Å². The normalized spacial score (nSPS) is 14.3. The maximum Gasteiger partial charge on any atom is 0.326 e. The second-order valence-electron chi connectivity index (χ2n) is 7.18. The van der Waals surface area contributed by atoms with E-state index in [0.29, 0.717) is 25.8 Å². The van der Waals surface area contributed by atoms with Gasteiger partial charge in [-0.05, 0) is 32.7 Å². The smallest absolute Gasteiger partial charge is 0.326 e. The lowest BCUT2D eigenvalue weighted by Gasteiger charge is -2.23. The van der Waals surface area contributed by atoms with E-state index in [-0.39, 0.29) is 0 Å². The summed E-state index contributed by atoms with van der Waals surface area (Å²) in [6, 6.07) is -5.10. The van der Waals surface area contributed by atoms with Crippen molar-refractivity contribution in [1.29, 1.82) is 0 Å². The largest absolute Gasteiger partial charge is 0.481 e. The van der Waals surface area contributed by atoms with Crippen LogP contribution in [0.5, 0.6) is 0 Å². The Balaban J connectivity index is 5.05. The Morgan fingerprint density at radius 2 is 1.44 bits per heavy atom. The van der Waals surface area contributed by atoms with Gasteiger partial charge in [0.25, 0.3) is 0 Å². The van der Waals surface area contributed by atoms with Crippen LogP contribution in [0.4, 0.5) is 0 Å². The van der Waals surface area contributed by atoms with Crippen LogP contribution in [-0.2, 0) is 28.8 Å². The Morgan fingerprint density at radius 3 is 1.94 bits per heavy atom. The molecule has 14 heteroatoms. The van der Waals surface area contributed by atoms with Crippen molar-refractivity contribution in [3.8, 4) is 0 Å². The van der Waals surface area contributed by atoms with Gasteiger partial charge in [0, 0.05) is 6.42 Å². The van der Waals surface area contributed by atoms with E-state index in [9.17, 15) is 28.8 Å². The lowest BCUT2D eigenvalue weighted by atomic mass is 10.1. The molecule has 0 fully saturated rings. The number of rotatable bonds is 16. The topological polar surface area (TPSA) is 257 Å².